The first-order valence-electron chi connectivity index (χ1n) is 5.98. The van der Waals surface area contributed by atoms with Crippen LogP contribution in [0.1, 0.15) is 32.6 Å². The molecular weight excluding hydrogens is 218 g/mol. The second-order valence-corrected chi connectivity index (χ2v) is 4.41. The van der Waals surface area contributed by atoms with E-state index in [-0.39, 0.29) is 0 Å². The number of carboxylic acid groups (broad SMARTS) is 1. The Labute approximate surface area is 100 Å². The Morgan fingerprint density at radius 3 is 3.06 bits per heavy atom. The highest BCUT2D eigenvalue weighted by Gasteiger charge is 2.47. The fourth-order valence-electron chi connectivity index (χ4n) is 2.66. The van der Waals surface area contributed by atoms with Crippen LogP contribution in [0.5, 0.6) is 0 Å². The molecule has 1 N–H and O–H groups in total. The molecule has 92 valence electrons. The van der Waals surface area contributed by atoms with Crippen molar-refractivity contribution < 1.29 is 9.90 Å². The van der Waals surface area contributed by atoms with Crippen LogP contribution >= 0.6 is 0 Å². The number of rotatable bonds is 4. The zero-order chi connectivity index (χ0) is 12.3. The average Bonchev–Trinajstić information content (AvgIpc) is 2.76. The third-order valence-electron chi connectivity index (χ3n) is 3.39. The lowest BCUT2D eigenvalue weighted by molar-refractivity contribution is -0.143. The fourth-order valence-corrected chi connectivity index (χ4v) is 2.66. The molecule has 0 amide bonds. The largest absolute Gasteiger partial charge is 0.479 e. The van der Waals surface area contributed by atoms with Crippen molar-refractivity contribution in [3.63, 3.8) is 0 Å². The maximum Gasteiger partial charge on any atom is 0.329 e. The first kappa shape index (κ1) is 11.8. The Balaban J connectivity index is 2.35. The van der Waals surface area contributed by atoms with Gasteiger partial charge in [0.05, 0.1) is 0 Å². The molecule has 2 rings (SSSR count). The van der Waals surface area contributed by atoms with E-state index in [9.17, 15) is 9.90 Å². The maximum atomic E-state index is 11.6. The molecule has 5 heteroatoms. The Kier molecular flexibility index (Phi) is 3.26. The van der Waals surface area contributed by atoms with Gasteiger partial charge in [-0.3, -0.25) is 0 Å². The highest BCUT2D eigenvalue weighted by molar-refractivity contribution is 5.84. The van der Waals surface area contributed by atoms with Crippen molar-refractivity contribution in [3.05, 3.63) is 18.6 Å². The van der Waals surface area contributed by atoms with Gasteiger partial charge in [0.1, 0.15) is 17.7 Å². The first-order chi connectivity index (χ1) is 8.20. The van der Waals surface area contributed by atoms with Gasteiger partial charge in [-0.2, -0.15) is 0 Å². The van der Waals surface area contributed by atoms with Crippen molar-refractivity contribution in [1.82, 2.24) is 9.97 Å². The van der Waals surface area contributed by atoms with E-state index in [1.165, 1.54) is 6.33 Å². The number of aromatic nitrogens is 2. The smallest absolute Gasteiger partial charge is 0.329 e. The van der Waals surface area contributed by atoms with Gasteiger partial charge in [0.25, 0.3) is 0 Å². The van der Waals surface area contributed by atoms with E-state index in [0.29, 0.717) is 18.7 Å². The van der Waals surface area contributed by atoms with Gasteiger partial charge in [-0.25, -0.2) is 14.8 Å². The molecule has 1 aromatic rings. The van der Waals surface area contributed by atoms with Crippen molar-refractivity contribution >= 4 is 11.8 Å². The molecule has 1 unspecified atom stereocenters. The first-order valence-corrected chi connectivity index (χ1v) is 5.98. The van der Waals surface area contributed by atoms with E-state index in [4.69, 9.17) is 0 Å². The van der Waals surface area contributed by atoms with Crippen LogP contribution in [-0.2, 0) is 4.79 Å². The lowest BCUT2D eigenvalue weighted by Crippen LogP contribution is -2.51. The van der Waals surface area contributed by atoms with Gasteiger partial charge in [-0.05, 0) is 25.3 Å². The predicted octanol–water partition coefficient (Wildman–Crippen LogP) is 1.70. The summed E-state index contributed by atoms with van der Waals surface area (Å²) in [5, 5.41) is 9.54. The number of hydrogen-bond donors (Lipinski definition) is 1. The summed E-state index contributed by atoms with van der Waals surface area (Å²) in [5.41, 5.74) is -0.775. The molecule has 1 aliphatic rings. The van der Waals surface area contributed by atoms with Crippen LogP contribution in [0, 0.1) is 0 Å². The number of aliphatic carboxylic acids is 1. The van der Waals surface area contributed by atoms with E-state index in [1.54, 1.807) is 12.3 Å². The quantitative estimate of drug-likeness (QED) is 0.860. The highest BCUT2D eigenvalue weighted by Crippen LogP contribution is 2.36. The number of nitrogens with zero attached hydrogens (tertiary/aromatic N) is 3. The van der Waals surface area contributed by atoms with E-state index in [1.807, 2.05) is 11.8 Å². The van der Waals surface area contributed by atoms with E-state index >= 15 is 0 Å². The van der Waals surface area contributed by atoms with Crippen LogP contribution in [-0.4, -0.2) is 33.1 Å². The second kappa shape index (κ2) is 4.69. The van der Waals surface area contributed by atoms with Crippen molar-refractivity contribution in [2.45, 2.75) is 38.1 Å². The third-order valence-corrected chi connectivity index (χ3v) is 3.39. The molecule has 1 atom stereocenters. The Hall–Kier alpha value is -1.65. The van der Waals surface area contributed by atoms with Crippen LogP contribution in [0.3, 0.4) is 0 Å². The summed E-state index contributed by atoms with van der Waals surface area (Å²) in [7, 11) is 0. The zero-order valence-electron chi connectivity index (χ0n) is 9.96. The minimum atomic E-state index is -0.775. The molecule has 1 fully saturated rings. The molecular formula is C12H17N3O2. The Morgan fingerprint density at radius 1 is 1.65 bits per heavy atom. The number of hydrogen-bond acceptors (Lipinski definition) is 4. The topological polar surface area (TPSA) is 66.3 Å². The van der Waals surface area contributed by atoms with Gasteiger partial charge < -0.3 is 10.0 Å². The van der Waals surface area contributed by atoms with Gasteiger partial charge in [-0.1, -0.05) is 13.3 Å². The predicted molar refractivity (Wildman–Crippen MR) is 63.9 cm³/mol. The van der Waals surface area contributed by atoms with Crippen LogP contribution in [0.4, 0.5) is 5.82 Å². The van der Waals surface area contributed by atoms with Crippen molar-refractivity contribution in [3.8, 4) is 0 Å². The highest BCUT2D eigenvalue weighted by atomic mass is 16.4. The van der Waals surface area contributed by atoms with Crippen LogP contribution < -0.4 is 4.90 Å². The normalized spacial score (nSPS) is 23.9. The second-order valence-electron chi connectivity index (χ2n) is 4.41. The molecule has 1 aliphatic heterocycles. The molecule has 0 spiro atoms. The summed E-state index contributed by atoms with van der Waals surface area (Å²) in [6.45, 7) is 2.77. The molecule has 1 saturated heterocycles. The SMILES string of the molecule is CCCC1(C(=O)O)CCCN1c1ccncn1. The molecule has 0 radical (unpaired) electrons. The lowest BCUT2D eigenvalue weighted by Gasteiger charge is -2.35. The number of carbonyl (C=O) groups is 1. The summed E-state index contributed by atoms with van der Waals surface area (Å²) < 4.78 is 0. The van der Waals surface area contributed by atoms with Crippen LogP contribution in [0.15, 0.2) is 18.6 Å². The summed E-state index contributed by atoms with van der Waals surface area (Å²) in [6, 6.07) is 1.78. The van der Waals surface area contributed by atoms with Crippen molar-refractivity contribution in [1.29, 1.82) is 0 Å². The summed E-state index contributed by atoms with van der Waals surface area (Å²) in [4.78, 5) is 21.6. The van der Waals surface area contributed by atoms with Crippen LogP contribution in [0.2, 0.25) is 0 Å². The van der Waals surface area contributed by atoms with Crippen molar-refractivity contribution in [2.75, 3.05) is 11.4 Å². The minimum Gasteiger partial charge on any atom is -0.479 e. The van der Waals surface area contributed by atoms with Gasteiger partial charge in [-0.15, -0.1) is 0 Å². The fraction of sp³-hybridized carbons (Fsp3) is 0.583. The zero-order valence-corrected chi connectivity index (χ0v) is 9.96. The maximum absolute atomic E-state index is 11.6. The minimum absolute atomic E-state index is 0.659. The standard InChI is InChI=1S/C12H17N3O2/c1-2-5-12(11(16)17)6-3-8-15(12)10-4-7-13-9-14-10/h4,7,9H,2-3,5-6,8H2,1H3,(H,16,17). The molecule has 0 saturated carbocycles. The number of anilines is 1. The van der Waals surface area contributed by atoms with E-state index in [2.05, 4.69) is 9.97 Å². The summed E-state index contributed by atoms with van der Waals surface area (Å²) >= 11 is 0. The summed E-state index contributed by atoms with van der Waals surface area (Å²) in [5.74, 6) is -0.0242. The molecule has 1 aromatic heterocycles. The number of carboxylic acids is 1. The molecule has 2 heterocycles. The average molecular weight is 235 g/mol. The van der Waals surface area contributed by atoms with Gasteiger partial charge in [0.2, 0.25) is 0 Å². The summed E-state index contributed by atoms with van der Waals surface area (Å²) in [6.07, 6.45) is 6.22. The Morgan fingerprint density at radius 2 is 2.47 bits per heavy atom. The van der Waals surface area contributed by atoms with Gasteiger partial charge in [0.15, 0.2) is 0 Å². The van der Waals surface area contributed by atoms with Gasteiger partial charge in [0, 0.05) is 12.7 Å². The molecule has 0 aromatic carbocycles. The monoisotopic (exact) mass is 235 g/mol. The third kappa shape index (κ3) is 1.97. The molecule has 5 nitrogen and oxygen atoms in total. The van der Waals surface area contributed by atoms with Crippen LogP contribution in [0.25, 0.3) is 0 Å². The van der Waals surface area contributed by atoms with E-state index < -0.39 is 11.5 Å². The van der Waals surface area contributed by atoms with Gasteiger partial charge >= 0.3 is 5.97 Å². The Bertz CT molecular complexity index is 396. The van der Waals surface area contributed by atoms with E-state index in [0.717, 1.165) is 19.4 Å². The molecule has 17 heavy (non-hydrogen) atoms. The lowest BCUT2D eigenvalue weighted by atomic mass is 9.90. The molecule has 0 aliphatic carbocycles. The van der Waals surface area contributed by atoms with Crippen molar-refractivity contribution in [2.24, 2.45) is 0 Å². The molecule has 0 bridgehead atoms.